The van der Waals surface area contributed by atoms with Crippen molar-refractivity contribution in [3.8, 4) is 0 Å². The van der Waals surface area contributed by atoms with Crippen LogP contribution in [0, 0.1) is 20.8 Å². The second-order valence-corrected chi connectivity index (χ2v) is 8.39. The Hall–Kier alpha value is -2.38. The molecule has 0 bridgehead atoms. The molecule has 0 aliphatic rings. The molecule has 2 aromatic carbocycles. The van der Waals surface area contributed by atoms with Gasteiger partial charge in [0.05, 0.1) is 21.7 Å². The predicted molar refractivity (Wildman–Crippen MR) is 115 cm³/mol. The first-order valence-electron chi connectivity index (χ1n) is 8.52. The van der Waals surface area contributed by atoms with Crippen LogP contribution in [0.5, 0.6) is 0 Å². The molecule has 0 aliphatic heterocycles. The van der Waals surface area contributed by atoms with Gasteiger partial charge in [-0.1, -0.05) is 23.5 Å². The van der Waals surface area contributed by atoms with Gasteiger partial charge in [0.25, 0.3) is 0 Å². The molecule has 0 saturated carbocycles. The topological polar surface area (TPSA) is 71.1 Å². The number of hydrogen-bond acceptors (Lipinski definition) is 5. The minimum atomic E-state index is -0.158. The van der Waals surface area contributed by atoms with Gasteiger partial charge in [0.15, 0.2) is 5.13 Å². The Morgan fingerprint density at radius 1 is 0.963 bits per heavy atom. The van der Waals surface area contributed by atoms with E-state index in [4.69, 9.17) is 0 Å². The molecule has 0 atom stereocenters. The molecule has 2 N–H and O–H groups in total. The number of fused-ring (bicyclic) bond motifs is 1. The minimum absolute atomic E-state index is 0.119. The van der Waals surface area contributed by atoms with E-state index in [1.54, 1.807) is 0 Å². The number of anilines is 2. The molecule has 7 heteroatoms. The lowest BCUT2D eigenvalue weighted by atomic mass is 10.1. The molecular weight excluding hydrogens is 378 g/mol. The predicted octanol–water partition coefficient (Wildman–Crippen LogP) is 4.53. The van der Waals surface area contributed by atoms with E-state index in [2.05, 4.69) is 15.6 Å². The average Bonchev–Trinajstić information content (AvgIpc) is 2.99. The van der Waals surface area contributed by atoms with Gasteiger partial charge in [0.2, 0.25) is 11.8 Å². The van der Waals surface area contributed by atoms with Gasteiger partial charge in [0, 0.05) is 5.69 Å². The molecule has 27 heavy (non-hydrogen) atoms. The number of carbonyl (C=O) groups is 2. The van der Waals surface area contributed by atoms with Crippen molar-refractivity contribution in [2.75, 3.05) is 22.1 Å². The zero-order valence-corrected chi connectivity index (χ0v) is 17.1. The highest BCUT2D eigenvalue weighted by Crippen LogP contribution is 2.26. The van der Waals surface area contributed by atoms with Crippen molar-refractivity contribution in [1.82, 2.24) is 4.98 Å². The SMILES string of the molecule is Cc1ccc2sc(NC(=O)CSCC(=O)Nc3ccc(C)c(C)c3)nc2c1. The first-order chi connectivity index (χ1) is 12.9. The van der Waals surface area contributed by atoms with Crippen LogP contribution in [0.3, 0.4) is 0 Å². The van der Waals surface area contributed by atoms with E-state index in [9.17, 15) is 9.59 Å². The van der Waals surface area contributed by atoms with Crippen molar-refractivity contribution in [3.05, 3.63) is 53.1 Å². The van der Waals surface area contributed by atoms with Gasteiger partial charge in [-0.3, -0.25) is 9.59 Å². The summed E-state index contributed by atoms with van der Waals surface area (Å²) in [7, 11) is 0. The lowest BCUT2D eigenvalue weighted by molar-refractivity contribution is -0.114. The second-order valence-electron chi connectivity index (χ2n) is 6.38. The number of aryl methyl sites for hydroxylation is 3. The summed E-state index contributed by atoms with van der Waals surface area (Å²) in [6, 6.07) is 11.8. The number of amides is 2. The number of carbonyl (C=O) groups excluding carboxylic acids is 2. The van der Waals surface area contributed by atoms with E-state index < -0.39 is 0 Å². The number of benzene rings is 2. The summed E-state index contributed by atoms with van der Waals surface area (Å²) in [4.78, 5) is 28.5. The van der Waals surface area contributed by atoms with Crippen LogP contribution < -0.4 is 10.6 Å². The molecule has 2 amide bonds. The van der Waals surface area contributed by atoms with Gasteiger partial charge in [-0.2, -0.15) is 0 Å². The molecule has 3 rings (SSSR count). The standard InChI is InChI=1S/C20H21N3O2S2/c1-12-4-7-17-16(8-12)22-20(27-17)23-19(25)11-26-10-18(24)21-15-6-5-13(2)14(3)9-15/h4-9H,10-11H2,1-3H3,(H,21,24)(H,22,23,25). The van der Waals surface area contributed by atoms with E-state index in [0.29, 0.717) is 5.13 Å². The van der Waals surface area contributed by atoms with Crippen molar-refractivity contribution >= 4 is 55.9 Å². The minimum Gasteiger partial charge on any atom is -0.325 e. The van der Waals surface area contributed by atoms with Crippen molar-refractivity contribution in [2.45, 2.75) is 20.8 Å². The number of thiazole rings is 1. The first-order valence-corrected chi connectivity index (χ1v) is 10.5. The quantitative estimate of drug-likeness (QED) is 0.639. The Morgan fingerprint density at radius 2 is 1.70 bits per heavy atom. The molecule has 0 unspecified atom stereocenters. The van der Waals surface area contributed by atoms with Gasteiger partial charge in [-0.25, -0.2) is 4.98 Å². The second kappa shape index (κ2) is 8.54. The smallest absolute Gasteiger partial charge is 0.236 e. The molecule has 0 fully saturated rings. The van der Waals surface area contributed by atoms with Gasteiger partial charge in [-0.05, 0) is 61.7 Å². The molecule has 1 aromatic heterocycles. The Balaban J connectivity index is 1.45. The summed E-state index contributed by atoms with van der Waals surface area (Å²) in [6.07, 6.45) is 0. The van der Waals surface area contributed by atoms with Crippen LogP contribution in [0.2, 0.25) is 0 Å². The fourth-order valence-electron chi connectivity index (χ4n) is 2.50. The van der Waals surface area contributed by atoms with Crippen molar-refractivity contribution in [2.24, 2.45) is 0 Å². The maximum atomic E-state index is 12.1. The summed E-state index contributed by atoms with van der Waals surface area (Å²) < 4.78 is 1.04. The fourth-order valence-corrected chi connectivity index (χ4v) is 3.98. The van der Waals surface area contributed by atoms with Gasteiger partial charge in [0.1, 0.15) is 0 Å². The maximum absolute atomic E-state index is 12.1. The lowest BCUT2D eigenvalue weighted by Crippen LogP contribution is -2.18. The summed E-state index contributed by atoms with van der Waals surface area (Å²) in [5.74, 6) is 0.149. The highest BCUT2D eigenvalue weighted by molar-refractivity contribution is 8.00. The third-order valence-corrected chi connectivity index (χ3v) is 5.93. The van der Waals surface area contributed by atoms with Crippen LogP contribution in [0.1, 0.15) is 16.7 Å². The molecule has 1 heterocycles. The van der Waals surface area contributed by atoms with E-state index in [1.807, 2.05) is 57.2 Å². The van der Waals surface area contributed by atoms with E-state index >= 15 is 0 Å². The Morgan fingerprint density at radius 3 is 2.44 bits per heavy atom. The monoisotopic (exact) mass is 399 g/mol. The summed E-state index contributed by atoms with van der Waals surface area (Å²) in [6.45, 7) is 6.05. The zero-order chi connectivity index (χ0) is 19.4. The van der Waals surface area contributed by atoms with Crippen LogP contribution >= 0.6 is 23.1 Å². The fraction of sp³-hybridized carbons (Fsp3) is 0.250. The zero-order valence-electron chi connectivity index (χ0n) is 15.5. The van der Waals surface area contributed by atoms with Crippen LogP contribution in [-0.4, -0.2) is 28.3 Å². The molecule has 3 aromatic rings. The average molecular weight is 400 g/mol. The molecule has 0 radical (unpaired) electrons. The molecule has 0 spiro atoms. The number of aromatic nitrogens is 1. The van der Waals surface area contributed by atoms with Gasteiger partial charge < -0.3 is 10.6 Å². The summed E-state index contributed by atoms with van der Waals surface area (Å²) >= 11 is 2.72. The number of thioether (sulfide) groups is 1. The van der Waals surface area contributed by atoms with Crippen molar-refractivity contribution in [1.29, 1.82) is 0 Å². The maximum Gasteiger partial charge on any atom is 0.236 e. The molecule has 0 aliphatic carbocycles. The van der Waals surface area contributed by atoms with E-state index in [-0.39, 0.29) is 23.3 Å². The van der Waals surface area contributed by atoms with Crippen LogP contribution in [0.15, 0.2) is 36.4 Å². The summed E-state index contributed by atoms with van der Waals surface area (Å²) in [5.41, 5.74) is 5.11. The molecule has 0 saturated heterocycles. The highest BCUT2D eigenvalue weighted by atomic mass is 32.2. The molecular formula is C20H21N3O2S2. The van der Waals surface area contributed by atoms with E-state index in [1.165, 1.54) is 28.7 Å². The molecule has 5 nitrogen and oxygen atoms in total. The molecule has 140 valence electrons. The largest absolute Gasteiger partial charge is 0.325 e. The normalized spacial score (nSPS) is 10.8. The Bertz CT molecular complexity index is 998. The third-order valence-electron chi connectivity index (χ3n) is 4.05. The Labute approximate surface area is 166 Å². The third kappa shape index (κ3) is 5.30. The number of nitrogens with one attached hydrogen (secondary N) is 2. The van der Waals surface area contributed by atoms with Crippen molar-refractivity contribution < 1.29 is 9.59 Å². The van der Waals surface area contributed by atoms with Crippen LogP contribution in [0.4, 0.5) is 10.8 Å². The first kappa shape index (κ1) is 19.4. The van der Waals surface area contributed by atoms with E-state index in [0.717, 1.165) is 27.0 Å². The number of nitrogens with zero attached hydrogens (tertiary/aromatic N) is 1. The Kier molecular flexibility index (Phi) is 6.13. The summed E-state index contributed by atoms with van der Waals surface area (Å²) in [5, 5.41) is 6.24. The van der Waals surface area contributed by atoms with Crippen molar-refractivity contribution in [3.63, 3.8) is 0 Å². The van der Waals surface area contributed by atoms with Crippen LogP contribution in [0.25, 0.3) is 10.2 Å². The van der Waals surface area contributed by atoms with Gasteiger partial charge >= 0.3 is 0 Å². The number of hydrogen-bond donors (Lipinski definition) is 2. The number of rotatable bonds is 6. The highest BCUT2D eigenvalue weighted by Gasteiger charge is 2.10. The van der Waals surface area contributed by atoms with Crippen LogP contribution in [-0.2, 0) is 9.59 Å². The van der Waals surface area contributed by atoms with Gasteiger partial charge in [-0.15, -0.1) is 11.8 Å². The lowest BCUT2D eigenvalue weighted by Gasteiger charge is -2.07.